The average Bonchev–Trinajstić information content (AvgIpc) is 2.30. The maximum Gasteiger partial charge on any atom is 0.251 e. The van der Waals surface area contributed by atoms with Gasteiger partial charge in [-0.15, -0.1) is 0 Å². The molecule has 0 saturated carbocycles. The molecule has 0 heterocycles. The lowest BCUT2D eigenvalue weighted by molar-refractivity contribution is 0.0934. The number of carbonyl (C=O) groups excluding carboxylic acids is 1. The van der Waals surface area contributed by atoms with Crippen molar-refractivity contribution in [1.29, 1.82) is 0 Å². The lowest BCUT2D eigenvalue weighted by Gasteiger charge is -2.11. The summed E-state index contributed by atoms with van der Waals surface area (Å²) in [6.07, 6.45) is 0. The molecule has 4 nitrogen and oxygen atoms in total. The summed E-state index contributed by atoms with van der Waals surface area (Å²) in [4.78, 5) is 11.8. The largest absolute Gasteiger partial charge is 0.398 e. The van der Waals surface area contributed by atoms with Crippen LogP contribution in [-0.2, 0) is 4.74 Å². The number of hydrogen-bond acceptors (Lipinski definition) is 3. The van der Waals surface area contributed by atoms with E-state index in [2.05, 4.69) is 5.32 Å². The predicted octanol–water partition coefficient (Wildman–Crippen LogP) is 1.93. The van der Waals surface area contributed by atoms with E-state index in [0.29, 0.717) is 29.4 Å². The van der Waals surface area contributed by atoms with E-state index in [4.69, 9.17) is 22.1 Å². The Hall–Kier alpha value is -1.26. The first-order valence-corrected chi connectivity index (χ1v) is 5.74. The van der Waals surface area contributed by atoms with E-state index in [1.54, 1.807) is 25.3 Å². The third kappa shape index (κ3) is 4.24. The molecular formula is C12H17ClN2O2. The van der Waals surface area contributed by atoms with E-state index in [1.807, 2.05) is 6.92 Å². The highest BCUT2D eigenvalue weighted by molar-refractivity contribution is 6.33. The Bertz CT molecular complexity index is 396. The van der Waals surface area contributed by atoms with Gasteiger partial charge in [-0.3, -0.25) is 4.79 Å². The molecule has 1 atom stereocenters. The van der Waals surface area contributed by atoms with Gasteiger partial charge in [-0.05, 0) is 24.1 Å². The highest BCUT2D eigenvalue weighted by atomic mass is 35.5. The number of carbonyl (C=O) groups is 1. The summed E-state index contributed by atoms with van der Waals surface area (Å²) < 4.78 is 4.99. The Kier molecular flexibility index (Phi) is 5.25. The fourth-order valence-corrected chi connectivity index (χ4v) is 1.51. The smallest absolute Gasteiger partial charge is 0.251 e. The van der Waals surface area contributed by atoms with Crippen LogP contribution in [0, 0.1) is 5.92 Å². The molecular weight excluding hydrogens is 240 g/mol. The van der Waals surface area contributed by atoms with Crippen molar-refractivity contribution in [3.63, 3.8) is 0 Å². The van der Waals surface area contributed by atoms with Crippen LogP contribution in [0.3, 0.4) is 0 Å². The first-order chi connectivity index (χ1) is 8.04. The maximum atomic E-state index is 11.8. The maximum absolute atomic E-state index is 11.8. The van der Waals surface area contributed by atoms with E-state index in [1.165, 1.54) is 0 Å². The van der Waals surface area contributed by atoms with Crippen molar-refractivity contribution in [3.05, 3.63) is 28.8 Å². The zero-order chi connectivity index (χ0) is 12.8. The molecule has 1 rings (SSSR count). The predicted molar refractivity (Wildman–Crippen MR) is 69.2 cm³/mol. The molecule has 1 unspecified atom stereocenters. The molecule has 94 valence electrons. The number of nitrogen functional groups attached to an aromatic ring is 1. The van der Waals surface area contributed by atoms with E-state index in [9.17, 15) is 4.79 Å². The van der Waals surface area contributed by atoms with E-state index in [-0.39, 0.29) is 11.8 Å². The van der Waals surface area contributed by atoms with Crippen LogP contribution in [0.25, 0.3) is 0 Å². The molecule has 3 N–H and O–H groups in total. The summed E-state index contributed by atoms with van der Waals surface area (Å²) in [7, 11) is 1.64. The Morgan fingerprint density at radius 2 is 2.29 bits per heavy atom. The molecule has 0 fully saturated rings. The molecule has 1 aromatic carbocycles. The minimum atomic E-state index is -0.156. The molecule has 0 aliphatic rings. The molecule has 0 bridgehead atoms. The van der Waals surface area contributed by atoms with Crippen molar-refractivity contribution < 1.29 is 9.53 Å². The lowest BCUT2D eigenvalue weighted by atomic mass is 10.1. The summed E-state index contributed by atoms with van der Waals surface area (Å²) in [5, 5.41) is 3.27. The first-order valence-electron chi connectivity index (χ1n) is 5.36. The molecule has 5 heteroatoms. The van der Waals surface area contributed by atoms with Crippen LogP contribution in [-0.4, -0.2) is 26.2 Å². The molecule has 0 aliphatic carbocycles. The summed E-state index contributed by atoms with van der Waals surface area (Å²) in [5.74, 6) is 0.116. The second-order valence-corrected chi connectivity index (χ2v) is 4.41. The van der Waals surface area contributed by atoms with Gasteiger partial charge in [0.1, 0.15) is 0 Å². The third-order valence-corrected chi connectivity index (χ3v) is 2.66. The van der Waals surface area contributed by atoms with Crippen LogP contribution >= 0.6 is 11.6 Å². The summed E-state index contributed by atoms with van der Waals surface area (Å²) in [5.41, 5.74) is 6.55. The first kappa shape index (κ1) is 13.8. The highest BCUT2D eigenvalue weighted by Crippen LogP contribution is 2.19. The van der Waals surface area contributed by atoms with Gasteiger partial charge in [0.05, 0.1) is 17.3 Å². The van der Waals surface area contributed by atoms with Crippen molar-refractivity contribution in [2.45, 2.75) is 6.92 Å². The van der Waals surface area contributed by atoms with Crippen molar-refractivity contribution in [2.24, 2.45) is 5.92 Å². The quantitative estimate of drug-likeness (QED) is 0.792. The van der Waals surface area contributed by atoms with E-state index >= 15 is 0 Å². The van der Waals surface area contributed by atoms with Crippen molar-refractivity contribution >= 4 is 23.2 Å². The molecule has 0 saturated heterocycles. The second-order valence-electron chi connectivity index (χ2n) is 4.01. The molecule has 0 aliphatic heterocycles. The number of hydrogen-bond donors (Lipinski definition) is 2. The van der Waals surface area contributed by atoms with Crippen molar-refractivity contribution in [1.82, 2.24) is 5.32 Å². The Labute approximate surface area is 106 Å². The van der Waals surface area contributed by atoms with E-state index < -0.39 is 0 Å². The average molecular weight is 257 g/mol. The molecule has 0 radical (unpaired) electrons. The third-order valence-electron chi connectivity index (χ3n) is 2.32. The van der Waals surface area contributed by atoms with Crippen molar-refractivity contribution in [3.8, 4) is 0 Å². The number of rotatable bonds is 5. The summed E-state index contributed by atoms with van der Waals surface area (Å²) >= 11 is 5.78. The van der Waals surface area contributed by atoms with Gasteiger partial charge in [0.25, 0.3) is 5.91 Å². The van der Waals surface area contributed by atoms with Crippen LogP contribution in [0.1, 0.15) is 17.3 Å². The number of ether oxygens (including phenoxy) is 1. The van der Waals surface area contributed by atoms with Crippen LogP contribution in [0.5, 0.6) is 0 Å². The lowest BCUT2D eigenvalue weighted by Crippen LogP contribution is -2.29. The van der Waals surface area contributed by atoms with Gasteiger partial charge in [0, 0.05) is 19.2 Å². The topological polar surface area (TPSA) is 64.3 Å². The Balaban J connectivity index is 2.55. The molecule has 0 spiro atoms. The number of anilines is 1. The fourth-order valence-electron chi connectivity index (χ4n) is 1.40. The number of nitrogens with one attached hydrogen (secondary N) is 1. The zero-order valence-electron chi connectivity index (χ0n) is 10.00. The van der Waals surface area contributed by atoms with Gasteiger partial charge in [0.15, 0.2) is 0 Å². The minimum Gasteiger partial charge on any atom is -0.398 e. The van der Waals surface area contributed by atoms with Crippen LogP contribution < -0.4 is 11.1 Å². The molecule has 17 heavy (non-hydrogen) atoms. The van der Waals surface area contributed by atoms with Gasteiger partial charge in [0.2, 0.25) is 0 Å². The number of amides is 1. The second kappa shape index (κ2) is 6.47. The van der Waals surface area contributed by atoms with Gasteiger partial charge in [-0.2, -0.15) is 0 Å². The number of methoxy groups -OCH3 is 1. The SMILES string of the molecule is COCC(C)CNC(=O)c1ccc(Cl)c(N)c1. The fraction of sp³-hybridized carbons (Fsp3) is 0.417. The number of benzene rings is 1. The monoisotopic (exact) mass is 256 g/mol. The highest BCUT2D eigenvalue weighted by Gasteiger charge is 2.09. The standard InChI is InChI=1S/C12H17ClN2O2/c1-8(7-17-2)6-15-12(16)9-3-4-10(13)11(14)5-9/h3-5,8H,6-7,14H2,1-2H3,(H,15,16). The van der Waals surface area contributed by atoms with Gasteiger partial charge >= 0.3 is 0 Å². The van der Waals surface area contributed by atoms with Gasteiger partial charge in [-0.25, -0.2) is 0 Å². The molecule has 1 amide bonds. The number of nitrogens with two attached hydrogens (primary N) is 1. The number of halogens is 1. The Morgan fingerprint density at radius 1 is 1.59 bits per heavy atom. The normalized spacial score (nSPS) is 12.2. The Morgan fingerprint density at radius 3 is 2.88 bits per heavy atom. The molecule has 0 aromatic heterocycles. The zero-order valence-corrected chi connectivity index (χ0v) is 10.8. The summed E-state index contributed by atoms with van der Waals surface area (Å²) in [6, 6.07) is 4.83. The van der Waals surface area contributed by atoms with Crippen LogP contribution in [0.15, 0.2) is 18.2 Å². The van der Waals surface area contributed by atoms with Crippen molar-refractivity contribution in [2.75, 3.05) is 26.0 Å². The van der Waals surface area contributed by atoms with Gasteiger partial charge in [-0.1, -0.05) is 18.5 Å². The minimum absolute atomic E-state index is 0.156. The van der Waals surface area contributed by atoms with E-state index in [0.717, 1.165) is 0 Å². The molecule has 1 aromatic rings. The van der Waals surface area contributed by atoms with Crippen LogP contribution in [0.2, 0.25) is 5.02 Å². The van der Waals surface area contributed by atoms with Gasteiger partial charge < -0.3 is 15.8 Å². The summed E-state index contributed by atoms with van der Waals surface area (Å²) in [6.45, 7) is 3.18. The van der Waals surface area contributed by atoms with Crippen LogP contribution in [0.4, 0.5) is 5.69 Å².